The van der Waals surface area contributed by atoms with E-state index in [1.54, 1.807) is 25.4 Å². The SMILES string of the molecule is CCCCc1nc2ccccn2c1C(=O)c1ccc(OC)cn1. The van der Waals surface area contributed by atoms with Gasteiger partial charge in [-0.25, -0.2) is 9.97 Å². The summed E-state index contributed by atoms with van der Waals surface area (Å²) in [5.74, 6) is 0.517. The maximum atomic E-state index is 12.9. The number of aromatic nitrogens is 3. The number of ether oxygens (including phenoxy) is 1. The standard InChI is InChI=1S/C18H19N3O2/c1-3-4-7-14-17(21-11-6-5-8-16(21)20-14)18(22)15-10-9-13(23-2)12-19-15/h5-6,8-12H,3-4,7H2,1-2H3. The monoisotopic (exact) mass is 309 g/mol. The lowest BCUT2D eigenvalue weighted by atomic mass is 10.1. The van der Waals surface area contributed by atoms with Crippen LogP contribution in [-0.4, -0.2) is 27.3 Å². The van der Waals surface area contributed by atoms with Gasteiger partial charge in [-0.3, -0.25) is 9.20 Å². The topological polar surface area (TPSA) is 56.5 Å². The number of hydrogen-bond donors (Lipinski definition) is 0. The lowest BCUT2D eigenvalue weighted by molar-refractivity contribution is 0.102. The molecule has 0 aliphatic rings. The van der Waals surface area contributed by atoms with Crippen LogP contribution in [0.5, 0.6) is 5.75 Å². The summed E-state index contributed by atoms with van der Waals surface area (Å²) < 4.78 is 6.94. The molecule has 0 N–H and O–H groups in total. The Morgan fingerprint density at radius 2 is 2.13 bits per heavy atom. The number of pyridine rings is 2. The lowest BCUT2D eigenvalue weighted by Gasteiger charge is -2.05. The van der Waals surface area contributed by atoms with Crippen LogP contribution in [0.1, 0.15) is 41.6 Å². The highest BCUT2D eigenvalue weighted by atomic mass is 16.5. The van der Waals surface area contributed by atoms with Crippen molar-refractivity contribution < 1.29 is 9.53 Å². The first-order chi connectivity index (χ1) is 11.2. The first-order valence-corrected chi connectivity index (χ1v) is 7.75. The summed E-state index contributed by atoms with van der Waals surface area (Å²) in [4.78, 5) is 21.8. The molecule has 3 aromatic heterocycles. The fourth-order valence-electron chi connectivity index (χ4n) is 2.56. The average molecular weight is 309 g/mol. The molecule has 118 valence electrons. The van der Waals surface area contributed by atoms with Crippen molar-refractivity contribution in [2.75, 3.05) is 7.11 Å². The molecule has 0 fully saturated rings. The molecule has 0 aliphatic carbocycles. The Kier molecular flexibility index (Phi) is 4.37. The van der Waals surface area contributed by atoms with Gasteiger partial charge in [-0.05, 0) is 37.1 Å². The summed E-state index contributed by atoms with van der Waals surface area (Å²) in [6.45, 7) is 2.13. The van der Waals surface area contributed by atoms with Crippen LogP contribution in [0.15, 0.2) is 42.7 Å². The van der Waals surface area contributed by atoms with Gasteiger partial charge in [0.2, 0.25) is 5.78 Å². The van der Waals surface area contributed by atoms with E-state index in [1.165, 1.54) is 0 Å². The van der Waals surface area contributed by atoms with Gasteiger partial charge < -0.3 is 4.74 Å². The Morgan fingerprint density at radius 1 is 1.26 bits per heavy atom. The largest absolute Gasteiger partial charge is 0.495 e. The van der Waals surface area contributed by atoms with Gasteiger partial charge in [-0.2, -0.15) is 0 Å². The van der Waals surface area contributed by atoms with Gasteiger partial charge in [0, 0.05) is 6.20 Å². The zero-order valence-corrected chi connectivity index (χ0v) is 13.3. The molecule has 3 rings (SSSR count). The van der Waals surface area contributed by atoms with E-state index in [1.807, 2.05) is 28.8 Å². The number of unbranched alkanes of at least 4 members (excludes halogenated alkanes) is 1. The van der Waals surface area contributed by atoms with Crippen molar-refractivity contribution in [3.8, 4) is 5.75 Å². The van der Waals surface area contributed by atoms with E-state index < -0.39 is 0 Å². The number of carbonyl (C=O) groups excluding carboxylic acids is 1. The smallest absolute Gasteiger partial charge is 0.229 e. The third kappa shape index (κ3) is 2.95. The maximum absolute atomic E-state index is 12.9. The summed E-state index contributed by atoms with van der Waals surface area (Å²) in [5, 5.41) is 0. The van der Waals surface area contributed by atoms with Crippen LogP contribution < -0.4 is 4.74 Å². The van der Waals surface area contributed by atoms with Crippen LogP contribution >= 0.6 is 0 Å². The van der Waals surface area contributed by atoms with Crippen molar-refractivity contribution >= 4 is 11.4 Å². The molecule has 23 heavy (non-hydrogen) atoms. The molecule has 0 aromatic carbocycles. The molecule has 3 heterocycles. The molecule has 0 spiro atoms. The van der Waals surface area contributed by atoms with Crippen LogP contribution in [-0.2, 0) is 6.42 Å². The molecule has 5 nitrogen and oxygen atoms in total. The lowest BCUT2D eigenvalue weighted by Crippen LogP contribution is -2.10. The van der Waals surface area contributed by atoms with E-state index in [4.69, 9.17) is 4.74 Å². The van der Waals surface area contributed by atoms with Crippen molar-refractivity contribution in [1.82, 2.24) is 14.4 Å². The maximum Gasteiger partial charge on any atom is 0.229 e. The number of imidazole rings is 1. The van der Waals surface area contributed by atoms with Gasteiger partial charge in [0.15, 0.2) is 0 Å². The number of nitrogens with zero attached hydrogens (tertiary/aromatic N) is 3. The van der Waals surface area contributed by atoms with Crippen molar-refractivity contribution in [3.63, 3.8) is 0 Å². The number of rotatable bonds is 6. The minimum absolute atomic E-state index is 0.113. The highest BCUT2D eigenvalue weighted by molar-refractivity contribution is 6.07. The van der Waals surface area contributed by atoms with E-state index in [0.717, 1.165) is 30.6 Å². The Balaban J connectivity index is 2.06. The molecule has 3 aromatic rings. The fraction of sp³-hybridized carbons (Fsp3) is 0.278. The summed E-state index contributed by atoms with van der Waals surface area (Å²) in [5.41, 5.74) is 2.62. The van der Waals surface area contributed by atoms with E-state index >= 15 is 0 Å². The van der Waals surface area contributed by atoms with Crippen molar-refractivity contribution in [3.05, 3.63) is 59.8 Å². The van der Waals surface area contributed by atoms with Crippen LogP contribution in [0.4, 0.5) is 0 Å². The molecule has 0 saturated heterocycles. The minimum Gasteiger partial charge on any atom is -0.495 e. The molecule has 0 saturated carbocycles. The van der Waals surface area contributed by atoms with Gasteiger partial charge >= 0.3 is 0 Å². The number of ketones is 1. The van der Waals surface area contributed by atoms with Gasteiger partial charge in [0.1, 0.15) is 22.8 Å². The molecule has 5 heteroatoms. The highest BCUT2D eigenvalue weighted by Gasteiger charge is 2.21. The van der Waals surface area contributed by atoms with Gasteiger partial charge in [-0.1, -0.05) is 19.4 Å². The molecule has 0 unspecified atom stereocenters. The Morgan fingerprint density at radius 3 is 2.83 bits per heavy atom. The molecule has 0 radical (unpaired) electrons. The highest BCUT2D eigenvalue weighted by Crippen LogP contribution is 2.19. The van der Waals surface area contributed by atoms with Crippen LogP contribution in [0, 0.1) is 0 Å². The predicted molar refractivity (Wildman–Crippen MR) is 88.0 cm³/mol. The van der Waals surface area contributed by atoms with E-state index in [-0.39, 0.29) is 5.78 Å². The van der Waals surface area contributed by atoms with E-state index in [9.17, 15) is 4.79 Å². The first kappa shape index (κ1) is 15.2. The fourth-order valence-corrected chi connectivity index (χ4v) is 2.56. The van der Waals surface area contributed by atoms with E-state index in [0.29, 0.717) is 17.1 Å². The zero-order valence-electron chi connectivity index (χ0n) is 13.3. The second-order valence-electron chi connectivity index (χ2n) is 5.35. The normalized spacial score (nSPS) is 10.9. The molecule has 0 atom stereocenters. The summed E-state index contributed by atoms with van der Waals surface area (Å²) in [6.07, 6.45) is 6.27. The number of hydrogen-bond acceptors (Lipinski definition) is 4. The second-order valence-corrected chi connectivity index (χ2v) is 5.35. The molecule has 0 amide bonds. The third-order valence-electron chi connectivity index (χ3n) is 3.79. The number of methoxy groups -OCH3 is 1. The van der Waals surface area contributed by atoms with Crippen LogP contribution in [0.3, 0.4) is 0 Å². The quantitative estimate of drug-likeness (QED) is 0.656. The Bertz CT molecular complexity index is 822. The average Bonchev–Trinajstić information content (AvgIpc) is 2.97. The Labute approximate surface area is 135 Å². The third-order valence-corrected chi connectivity index (χ3v) is 3.79. The number of aryl methyl sites for hydroxylation is 1. The van der Waals surface area contributed by atoms with Gasteiger partial charge in [0.25, 0.3) is 0 Å². The summed E-state index contributed by atoms with van der Waals surface area (Å²) in [6, 6.07) is 9.16. The van der Waals surface area contributed by atoms with Crippen LogP contribution in [0.25, 0.3) is 5.65 Å². The van der Waals surface area contributed by atoms with Gasteiger partial charge in [-0.15, -0.1) is 0 Å². The molecular formula is C18H19N3O2. The zero-order chi connectivity index (χ0) is 16.2. The van der Waals surface area contributed by atoms with Crippen molar-refractivity contribution in [2.24, 2.45) is 0 Å². The van der Waals surface area contributed by atoms with Gasteiger partial charge in [0.05, 0.1) is 19.0 Å². The summed E-state index contributed by atoms with van der Waals surface area (Å²) >= 11 is 0. The predicted octanol–water partition coefficient (Wildman–Crippen LogP) is 3.31. The summed E-state index contributed by atoms with van der Waals surface area (Å²) in [7, 11) is 1.58. The second kappa shape index (κ2) is 6.60. The number of carbonyl (C=O) groups is 1. The minimum atomic E-state index is -0.113. The van der Waals surface area contributed by atoms with Crippen LogP contribution in [0.2, 0.25) is 0 Å². The van der Waals surface area contributed by atoms with E-state index in [2.05, 4.69) is 16.9 Å². The Hall–Kier alpha value is -2.69. The van der Waals surface area contributed by atoms with Crippen molar-refractivity contribution in [2.45, 2.75) is 26.2 Å². The first-order valence-electron chi connectivity index (χ1n) is 7.75. The molecule has 0 aliphatic heterocycles. The van der Waals surface area contributed by atoms with Crippen molar-refractivity contribution in [1.29, 1.82) is 0 Å². The molecule has 0 bridgehead atoms. The number of fused-ring (bicyclic) bond motifs is 1. The molecular weight excluding hydrogens is 290 g/mol.